The van der Waals surface area contributed by atoms with Gasteiger partial charge in [0.25, 0.3) is 0 Å². The molecule has 17 heavy (non-hydrogen) atoms. The maximum Gasteiger partial charge on any atom is 0.102 e. The van der Waals surface area contributed by atoms with Crippen molar-refractivity contribution >= 4 is 0 Å². The number of nitrogens with zero attached hydrogens (tertiary/aromatic N) is 2. The quantitative estimate of drug-likeness (QED) is 0.820. The Bertz CT molecular complexity index is 296. The fraction of sp³-hybridized carbons (Fsp3) is 0.929. The van der Waals surface area contributed by atoms with E-state index in [1.807, 2.05) is 6.92 Å². The van der Waals surface area contributed by atoms with Crippen LogP contribution in [0.5, 0.6) is 0 Å². The Morgan fingerprint density at radius 3 is 2.41 bits per heavy atom. The lowest BCUT2D eigenvalue weighted by Gasteiger charge is -2.31. The molecule has 0 aliphatic carbocycles. The molecule has 3 atom stereocenters. The van der Waals surface area contributed by atoms with Crippen LogP contribution in [0.25, 0.3) is 0 Å². The van der Waals surface area contributed by atoms with Gasteiger partial charge in [0.05, 0.1) is 6.07 Å². The highest BCUT2D eigenvalue weighted by molar-refractivity contribution is 5.03. The Hall–Kier alpha value is -0.590. The lowest BCUT2D eigenvalue weighted by molar-refractivity contribution is 0.186. The van der Waals surface area contributed by atoms with Gasteiger partial charge >= 0.3 is 0 Å². The van der Waals surface area contributed by atoms with Gasteiger partial charge in [0.2, 0.25) is 0 Å². The normalized spacial score (nSPS) is 27.5. The fourth-order valence-electron chi connectivity index (χ4n) is 2.68. The van der Waals surface area contributed by atoms with Gasteiger partial charge < -0.3 is 10.6 Å². The van der Waals surface area contributed by atoms with Crippen molar-refractivity contribution in [3.05, 3.63) is 0 Å². The second kappa shape index (κ2) is 4.96. The van der Waals surface area contributed by atoms with Crippen LogP contribution in [0, 0.1) is 22.7 Å². The molecule has 0 amide bonds. The summed E-state index contributed by atoms with van der Waals surface area (Å²) in [4.78, 5) is 2.48. The molecule has 0 aromatic carbocycles. The maximum absolute atomic E-state index is 8.97. The molecule has 2 N–H and O–H groups in total. The first kappa shape index (κ1) is 14.5. The highest BCUT2D eigenvalue weighted by Crippen LogP contribution is 2.34. The van der Waals surface area contributed by atoms with Crippen LogP contribution in [0.2, 0.25) is 0 Å². The number of nitrogens with two attached hydrogens (primary N) is 1. The molecule has 3 nitrogen and oxygen atoms in total. The van der Waals surface area contributed by atoms with E-state index >= 15 is 0 Å². The van der Waals surface area contributed by atoms with E-state index in [0.717, 1.165) is 25.4 Å². The summed E-state index contributed by atoms with van der Waals surface area (Å²) in [5.74, 6) is 0.760. The van der Waals surface area contributed by atoms with Gasteiger partial charge in [0.1, 0.15) is 5.54 Å². The standard InChI is InChI=1S/C14H27N3/c1-11(8-14(5,16)10-15)17-7-6-12(9-17)13(2,3)4/h11-12H,6-9,16H2,1-5H3. The van der Waals surface area contributed by atoms with E-state index in [1.165, 1.54) is 6.42 Å². The SMILES string of the molecule is CC(CC(C)(N)C#N)N1CCC(C(C)(C)C)C1. The summed E-state index contributed by atoms with van der Waals surface area (Å²) < 4.78 is 0. The Kier molecular flexibility index (Phi) is 4.22. The Balaban J connectivity index is 2.52. The van der Waals surface area contributed by atoms with E-state index in [2.05, 4.69) is 38.7 Å². The molecular formula is C14H27N3. The second-order valence-electron chi connectivity index (χ2n) is 6.93. The Labute approximate surface area is 106 Å². The molecule has 3 heteroatoms. The van der Waals surface area contributed by atoms with Crippen molar-refractivity contribution in [1.29, 1.82) is 5.26 Å². The van der Waals surface area contributed by atoms with Crippen LogP contribution in [0.3, 0.4) is 0 Å². The average Bonchev–Trinajstić information content (AvgIpc) is 2.65. The molecule has 0 aromatic heterocycles. The summed E-state index contributed by atoms with van der Waals surface area (Å²) in [6.45, 7) is 13.2. The molecule has 98 valence electrons. The van der Waals surface area contributed by atoms with Crippen molar-refractivity contribution in [1.82, 2.24) is 4.90 Å². The van der Waals surface area contributed by atoms with E-state index in [0.29, 0.717) is 11.5 Å². The van der Waals surface area contributed by atoms with Gasteiger partial charge in [-0.3, -0.25) is 0 Å². The number of likely N-dealkylation sites (tertiary alicyclic amines) is 1. The van der Waals surface area contributed by atoms with Crippen LogP contribution in [0.4, 0.5) is 0 Å². The summed E-state index contributed by atoms with van der Waals surface area (Å²) in [6, 6.07) is 2.59. The molecule has 1 aliphatic heterocycles. The molecule has 0 spiro atoms. The summed E-state index contributed by atoms with van der Waals surface area (Å²) in [7, 11) is 0. The van der Waals surface area contributed by atoms with Crippen molar-refractivity contribution in [2.24, 2.45) is 17.1 Å². The highest BCUT2D eigenvalue weighted by atomic mass is 15.2. The van der Waals surface area contributed by atoms with Gasteiger partial charge in [0, 0.05) is 12.6 Å². The van der Waals surface area contributed by atoms with Gasteiger partial charge in [-0.15, -0.1) is 0 Å². The number of nitriles is 1. The topological polar surface area (TPSA) is 53.1 Å². The minimum Gasteiger partial charge on any atom is -0.314 e. The lowest BCUT2D eigenvalue weighted by Crippen LogP contribution is -2.43. The first-order valence-corrected chi connectivity index (χ1v) is 6.60. The third kappa shape index (κ3) is 3.97. The van der Waals surface area contributed by atoms with Gasteiger partial charge in [-0.2, -0.15) is 5.26 Å². The minimum absolute atomic E-state index is 0.385. The molecule has 1 heterocycles. The summed E-state index contributed by atoms with van der Waals surface area (Å²) >= 11 is 0. The average molecular weight is 237 g/mol. The number of hydrogen-bond acceptors (Lipinski definition) is 3. The number of hydrogen-bond donors (Lipinski definition) is 1. The van der Waals surface area contributed by atoms with E-state index < -0.39 is 5.54 Å². The van der Waals surface area contributed by atoms with Crippen molar-refractivity contribution < 1.29 is 0 Å². The van der Waals surface area contributed by atoms with Crippen LogP contribution in [0.1, 0.15) is 47.5 Å². The monoisotopic (exact) mass is 237 g/mol. The zero-order valence-corrected chi connectivity index (χ0v) is 12.0. The number of rotatable bonds is 3. The molecule has 0 aromatic rings. The van der Waals surface area contributed by atoms with Crippen molar-refractivity contribution in [3.63, 3.8) is 0 Å². The Morgan fingerprint density at radius 2 is 2.00 bits per heavy atom. The molecule has 0 bridgehead atoms. The summed E-state index contributed by atoms with van der Waals surface area (Å²) in [6.07, 6.45) is 2.02. The maximum atomic E-state index is 8.97. The lowest BCUT2D eigenvalue weighted by atomic mass is 9.80. The zero-order valence-electron chi connectivity index (χ0n) is 12.0. The molecule has 1 rings (SSSR count). The second-order valence-corrected chi connectivity index (χ2v) is 6.93. The van der Waals surface area contributed by atoms with Crippen molar-refractivity contribution in [2.45, 2.75) is 59.0 Å². The van der Waals surface area contributed by atoms with Crippen LogP contribution < -0.4 is 5.73 Å². The first-order valence-electron chi connectivity index (χ1n) is 6.60. The molecule has 1 saturated heterocycles. The predicted octanol–water partition coefficient (Wildman–Crippen LogP) is 2.37. The summed E-state index contributed by atoms with van der Waals surface area (Å²) in [5, 5.41) is 8.97. The molecular weight excluding hydrogens is 210 g/mol. The van der Waals surface area contributed by atoms with Crippen LogP contribution in [0.15, 0.2) is 0 Å². The van der Waals surface area contributed by atoms with Gasteiger partial charge in [0.15, 0.2) is 0 Å². The largest absolute Gasteiger partial charge is 0.314 e. The third-order valence-corrected chi connectivity index (χ3v) is 4.04. The van der Waals surface area contributed by atoms with Crippen molar-refractivity contribution in [3.8, 4) is 6.07 Å². The van der Waals surface area contributed by atoms with Gasteiger partial charge in [-0.25, -0.2) is 0 Å². The molecule has 0 radical (unpaired) electrons. The molecule has 1 fully saturated rings. The third-order valence-electron chi connectivity index (χ3n) is 4.04. The van der Waals surface area contributed by atoms with Gasteiger partial charge in [-0.1, -0.05) is 20.8 Å². The van der Waals surface area contributed by atoms with Crippen LogP contribution >= 0.6 is 0 Å². The first-order chi connectivity index (χ1) is 7.65. The Morgan fingerprint density at radius 1 is 1.41 bits per heavy atom. The van der Waals surface area contributed by atoms with Crippen LogP contribution in [-0.2, 0) is 0 Å². The zero-order chi connectivity index (χ0) is 13.3. The summed E-state index contributed by atoms with van der Waals surface area (Å²) in [5.41, 5.74) is 5.61. The molecule has 0 saturated carbocycles. The van der Waals surface area contributed by atoms with Gasteiger partial charge in [-0.05, 0) is 44.6 Å². The smallest absolute Gasteiger partial charge is 0.102 e. The van der Waals surface area contributed by atoms with E-state index in [1.54, 1.807) is 0 Å². The molecule has 3 unspecified atom stereocenters. The minimum atomic E-state index is -0.695. The van der Waals surface area contributed by atoms with E-state index in [4.69, 9.17) is 11.0 Å². The molecule has 1 aliphatic rings. The predicted molar refractivity (Wildman–Crippen MR) is 71.4 cm³/mol. The highest BCUT2D eigenvalue weighted by Gasteiger charge is 2.35. The fourth-order valence-corrected chi connectivity index (χ4v) is 2.68. The van der Waals surface area contributed by atoms with Crippen molar-refractivity contribution in [2.75, 3.05) is 13.1 Å². The van der Waals surface area contributed by atoms with E-state index in [9.17, 15) is 0 Å². The van der Waals surface area contributed by atoms with Crippen LogP contribution in [-0.4, -0.2) is 29.6 Å². The van der Waals surface area contributed by atoms with E-state index in [-0.39, 0.29) is 0 Å².